The van der Waals surface area contributed by atoms with Gasteiger partial charge in [0.2, 0.25) is 5.91 Å². The van der Waals surface area contributed by atoms with Gasteiger partial charge in [0, 0.05) is 25.9 Å². The van der Waals surface area contributed by atoms with Crippen LogP contribution in [-0.2, 0) is 9.53 Å². The summed E-state index contributed by atoms with van der Waals surface area (Å²) in [6.07, 6.45) is 0.923. The predicted octanol–water partition coefficient (Wildman–Crippen LogP) is 3.41. The maximum Gasteiger partial charge on any atom is 0.241 e. The second-order valence-electron chi connectivity index (χ2n) is 6.19. The minimum Gasteiger partial charge on any atom is -0.385 e. The highest BCUT2D eigenvalue weighted by atomic mass is 16.5. The summed E-state index contributed by atoms with van der Waals surface area (Å²) >= 11 is 0. The lowest BCUT2D eigenvalue weighted by atomic mass is 9.98. The second kappa shape index (κ2) is 8.91. The number of nitrogens with one attached hydrogen (secondary N) is 1. The number of likely N-dealkylation sites (N-methyl/N-ethyl adjacent to an activating group) is 1. The van der Waals surface area contributed by atoms with E-state index in [2.05, 4.69) is 30.1 Å². The summed E-state index contributed by atoms with van der Waals surface area (Å²) in [4.78, 5) is 14.6. The maximum absolute atomic E-state index is 12.5. The van der Waals surface area contributed by atoms with Crippen LogP contribution >= 0.6 is 0 Å². The van der Waals surface area contributed by atoms with Gasteiger partial charge in [-0.3, -0.25) is 9.69 Å². The first-order valence-electron chi connectivity index (χ1n) is 7.98. The van der Waals surface area contributed by atoms with Crippen molar-refractivity contribution in [1.29, 1.82) is 0 Å². The van der Waals surface area contributed by atoms with Crippen molar-refractivity contribution in [3.8, 4) is 0 Å². The molecule has 1 rings (SSSR count). The molecule has 1 unspecified atom stereocenters. The Bertz CT molecular complexity index is 486. The number of rotatable bonds is 8. The van der Waals surface area contributed by atoms with E-state index in [4.69, 9.17) is 4.74 Å². The van der Waals surface area contributed by atoms with Crippen LogP contribution in [0.3, 0.4) is 0 Å². The first-order chi connectivity index (χ1) is 10.4. The Kier molecular flexibility index (Phi) is 7.56. The molecule has 0 aliphatic carbocycles. The molecule has 0 saturated carbocycles. The van der Waals surface area contributed by atoms with E-state index in [1.807, 2.05) is 33.0 Å². The summed E-state index contributed by atoms with van der Waals surface area (Å²) < 4.78 is 5.06. The molecule has 4 nitrogen and oxygen atoms in total. The fourth-order valence-electron chi connectivity index (χ4n) is 2.42. The van der Waals surface area contributed by atoms with Crippen LogP contribution in [0, 0.1) is 6.92 Å². The molecular weight excluding hydrogens is 276 g/mol. The molecule has 0 aliphatic heterocycles. The van der Waals surface area contributed by atoms with Gasteiger partial charge in [0.05, 0.1) is 6.04 Å². The van der Waals surface area contributed by atoms with Crippen LogP contribution in [-0.4, -0.2) is 44.2 Å². The van der Waals surface area contributed by atoms with Gasteiger partial charge >= 0.3 is 0 Å². The number of carbonyl (C=O) groups is 1. The highest BCUT2D eigenvalue weighted by Gasteiger charge is 2.20. The molecule has 0 bridgehead atoms. The van der Waals surface area contributed by atoms with Crippen LogP contribution in [0.4, 0.5) is 5.69 Å². The molecule has 0 spiro atoms. The quantitative estimate of drug-likeness (QED) is 0.748. The lowest BCUT2D eigenvalue weighted by Gasteiger charge is -2.25. The van der Waals surface area contributed by atoms with Crippen molar-refractivity contribution < 1.29 is 9.53 Å². The van der Waals surface area contributed by atoms with Gasteiger partial charge in [-0.05, 0) is 44.4 Å². The molecule has 4 heteroatoms. The van der Waals surface area contributed by atoms with Crippen LogP contribution in [0.15, 0.2) is 18.2 Å². The van der Waals surface area contributed by atoms with E-state index in [9.17, 15) is 4.79 Å². The van der Waals surface area contributed by atoms with Crippen LogP contribution in [0.5, 0.6) is 0 Å². The first kappa shape index (κ1) is 18.7. The Balaban J connectivity index is 2.76. The number of benzene rings is 1. The predicted molar refractivity (Wildman–Crippen MR) is 92.5 cm³/mol. The fourth-order valence-corrected chi connectivity index (χ4v) is 2.42. The lowest BCUT2D eigenvalue weighted by Crippen LogP contribution is -2.40. The van der Waals surface area contributed by atoms with Crippen LogP contribution in [0.2, 0.25) is 0 Å². The van der Waals surface area contributed by atoms with Crippen molar-refractivity contribution in [3.05, 3.63) is 29.3 Å². The van der Waals surface area contributed by atoms with Gasteiger partial charge < -0.3 is 10.1 Å². The Morgan fingerprint density at radius 3 is 2.59 bits per heavy atom. The number of aryl methyl sites for hydroxylation is 1. The normalized spacial score (nSPS) is 12.7. The van der Waals surface area contributed by atoms with Crippen molar-refractivity contribution in [1.82, 2.24) is 4.90 Å². The topological polar surface area (TPSA) is 41.6 Å². The molecule has 124 valence electrons. The average Bonchev–Trinajstić information content (AvgIpc) is 2.48. The minimum atomic E-state index is -0.170. The number of hydrogen-bond acceptors (Lipinski definition) is 3. The molecule has 1 N–H and O–H groups in total. The summed E-state index contributed by atoms with van der Waals surface area (Å²) in [5.74, 6) is 0.418. The number of hydrogen-bond donors (Lipinski definition) is 1. The van der Waals surface area contributed by atoms with E-state index >= 15 is 0 Å². The molecule has 0 aromatic heterocycles. The zero-order valence-electron chi connectivity index (χ0n) is 14.8. The third kappa shape index (κ3) is 5.11. The second-order valence-corrected chi connectivity index (χ2v) is 6.19. The van der Waals surface area contributed by atoms with Crippen LogP contribution in [0.25, 0.3) is 0 Å². The lowest BCUT2D eigenvalue weighted by molar-refractivity contribution is -0.120. The summed E-state index contributed by atoms with van der Waals surface area (Å²) in [6.45, 7) is 9.82. The molecule has 0 heterocycles. The zero-order chi connectivity index (χ0) is 16.7. The first-order valence-corrected chi connectivity index (χ1v) is 7.98. The van der Waals surface area contributed by atoms with Gasteiger partial charge in [0.1, 0.15) is 0 Å². The summed E-state index contributed by atoms with van der Waals surface area (Å²) in [6, 6.07) is 5.99. The number of para-hydroxylation sites is 1. The van der Waals surface area contributed by atoms with Crippen molar-refractivity contribution >= 4 is 11.6 Å². The SMILES string of the molecule is COCCCN(C)C(C)C(=O)Nc1c(C)cccc1C(C)C. The molecule has 0 saturated heterocycles. The van der Waals surface area contributed by atoms with Gasteiger partial charge in [-0.15, -0.1) is 0 Å². The van der Waals surface area contributed by atoms with Crippen LogP contribution in [0.1, 0.15) is 44.2 Å². The van der Waals surface area contributed by atoms with E-state index in [1.165, 1.54) is 5.56 Å². The Hall–Kier alpha value is -1.39. The largest absolute Gasteiger partial charge is 0.385 e. The molecular formula is C18H30N2O2. The Morgan fingerprint density at radius 2 is 2.00 bits per heavy atom. The highest BCUT2D eigenvalue weighted by Crippen LogP contribution is 2.27. The summed E-state index contributed by atoms with van der Waals surface area (Å²) in [7, 11) is 3.67. The summed E-state index contributed by atoms with van der Waals surface area (Å²) in [5.41, 5.74) is 3.25. The molecule has 0 radical (unpaired) electrons. The fraction of sp³-hybridized carbons (Fsp3) is 0.611. The molecule has 0 aliphatic rings. The Labute approximate surface area is 134 Å². The number of anilines is 1. The molecule has 1 aromatic rings. The van der Waals surface area contributed by atoms with Gasteiger partial charge in [-0.2, -0.15) is 0 Å². The number of ether oxygens (including phenoxy) is 1. The maximum atomic E-state index is 12.5. The van der Waals surface area contributed by atoms with Crippen molar-refractivity contribution in [2.75, 3.05) is 32.6 Å². The number of methoxy groups -OCH3 is 1. The van der Waals surface area contributed by atoms with Crippen LogP contribution < -0.4 is 5.32 Å². The third-order valence-electron chi connectivity index (χ3n) is 4.08. The zero-order valence-corrected chi connectivity index (χ0v) is 14.8. The van der Waals surface area contributed by atoms with E-state index < -0.39 is 0 Å². The van der Waals surface area contributed by atoms with Crippen molar-refractivity contribution in [2.24, 2.45) is 0 Å². The molecule has 0 fully saturated rings. The highest BCUT2D eigenvalue weighted by molar-refractivity contribution is 5.96. The molecule has 1 atom stereocenters. The monoisotopic (exact) mass is 306 g/mol. The standard InChI is InChI=1S/C18H30N2O2/c1-13(2)16-10-7-9-14(3)17(16)19-18(21)15(4)20(5)11-8-12-22-6/h7,9-10,13,15H,8,11-12H2,1-6H3,(H,19,21). The molecule has 1 amide bonds. The number of carbonyl (C=O) groups excluding carboxylic acids is 1. The summed E-state index contributed by atoms with van der Waals surface area (Å²) in [5, 5.41) is 3.12. The van der Waals surface area contributed by atoms with Crippen molar-refractivity contribution in [2.45, 2.75) is 46.1 Å². The van der Waals surface area contributed by atoms with Gasteiger partial charge in [-0.1, -0.05) is 32.0 Å². The average molecular weight is 306 g/mol. The van der Waals surface area contributed by atoms with E-state index in [0.29, 0.717) is 12.5 Å². The van der Waals surface area contributed by atoms with Crippen molar-refractivity contribution in [3.63, 3.8) is 0 Å². The van der Waals surface area contributed by atoms with E-state index in [0.717, 1.165) is 24.2 Å². The third-order valence-corrected chi connectivity index (χ3v) is 4.08. The van der Waals surface area contributed by atoms with Gasteiger partial charge in [-0.25, -0.2) is 0 Å². The van der Waals surface area contributed by atoms with Gasteiger partial charge in [0.25, 0.3) is 0 Å². The van der Waals surface area contributed by atoms with E-state index in [1.54, 1.807) is 7.11 Å². The number of nitrogens with zero attached hydrogens (tertiary/aromatic N) is 1. The van der Waals surface area contributed by atoms with E-state index in [-0.39, 0.29) is 11.9 Å². The minimum absolute atomic E-state index is 0.0381. The Morgan fingerprint density at radius 1 is 1.32 bits per heavy atom. The smallest absolute Gasteiger partial charge is 0.241 e. The van der Waals surface area contributed by atoms with Gasteiger partial charge in [0.15, 0.2) is 0 Å². The number of amides is 1. The molecule has 1 aromatic carbocycles. The molecule has 22 heavy (non-hydrogen) atoms.